The second-order valence-corrected chi connectivity index (χ2v) is 6.25. The molecular formula is C14H24N2O3. The summed E-state index contributed by atoms with van der Waals surface area (Å²) in [7, 11) is 0. The molecule has 1 saturated heterocycles. The Morgan fingerprint density at radius 2 is 1.95 bits per heavy atom. The number of piperidine rings is 1. The molecule has 2 amide bonds. The van der Waals surface area contributed by atoms with Gasteiger partial charge in [-0.25, -0.2) is 4.79 Å². The summed E-state index contributed by atoms with van der Waals surface area (Å²) >= 11 is 0. The molecule has 0 bridgehead atoms. The van der Waals surface area contributed by atoms with Crippen LogP contribution in [0.15, 0.2) is 0 Å². The van der Waals surface area contributed by atoms with Crippen LogP contribution >= 0.6 is 0 Å². The maximum Gasteiger partial charge on any atom is 0.317 e. The van der Waals surface area contributed by atoms with Gasteiger partial charge in [-0.2, -0.15) is 0 Å². The fraction of sp³-hybridized carbons (Fsp3) is 0.857. The summed E-state index contributed by atoms with van der Waals surface area (Å²) in [5.41, 5.74) is 0. The summed E-state index contributed by atoms with van der Waals surface area (Å²) in [6, 6.07) is 0.171. The largest absolute Gasteiger partial charge is 0.481 e. The van der Waals surface area contributed by atoms with Gasteiger partial charge in [0.25, 0.3) is 0 Å². The third-order valence-corrected chi connectivity index (χ3v) is 4.47. The minimum absolute atomic E-state index is 0.0865. The van der Waals surface area contributed by atoms with Gasteiger partial charge in [0, 0.05) is 19.1 Å². The first-order valence-electron chi connectivity index (χ1n) is 7.25. The number of hydrogen-bond donors (Lipinski definition) is 2. The smallest absolute Gasteiger partial charge is 0.317 e. The molecule has 2 fully saturated rings. The lowest BCUT2D eigenvalue weighted by molar-refractivity contribution is -0.143. The molecule has 2 aliphatic rings. The molecule has 5 nitrogen and oxygen atoms in total. The first kappa shape index (κ1) is 14.2. The van der Waals surface area contributed by atoms with Crippen LogP contribution < -0.4 is 5.32 Å². The Bertz CT molecular complexity index is 359. The molecule has 1 aliphatic carbocycles. The highest BCUT2D eigenvalue weighted by atomic mass is 16.4. The minimum atomic E-state index is -0.793. The molecule has 1 aliphatic heterocycles. The highest BCUT2D eigenvalue weighted by molar-refractivity contribution is 5.77. The topological polar surface area (TPSA) is 69.6 Å². The number of nitrogens with one attached hydrogen (secondary N) is 1. The average molecular weight is 268 g/mol. The fourth-order valence-electron chi connectivity index (χ4n) is 3.31. The Balaban J connectivity index is 1.92. The first-order chi connectivity index (χ1) is 8.97. The van der Waals surface area contributed by atoms with Gasteiger partial charge < -0.3 is 15.3 Å². The Labute approximate surface area is 114 Å². The highest BCUT2D eigenvalue weighted by Crippen LogP contribution is 2.26. The van der Waals surface area contributed by atoms with Crippen molar-refractivity contribution in [2.24, 2.45) is 17.8 Å². The van der Waals surface area contributed by atoms with Crippen molar-refractivity contribution < 1.29 is 14.7 Å². The predicted octanol–water partition coefficient (Wildman–Crippen LogP) is 1.93. The van der Waals surface area contributed by atoms with E-state index in [1.54, 1.807) is 4.90 Å². The summed E-state index contributed by atoms with van der Waals surface area (Å²) < 4.78 is 0. The van der Waals surface area contributed by atoms with Gasteiger partial charge in [0.15, 0.2) is 0 Å². The van der Waals surface area contributed by atoms with Gasteiger partial charge >= 0.3 is 12.0 Å². The number of urea groups is 1. The van der Waals surface area contributed by atoms with Gasteiger partial charge in [0.1, 0.15) is 0 Å². The van der Waals surface area contributed by atoms with Gasteiger partial charge in [-0.05, 0) is 31.1 Å². The monoisotopic (exact) mass is 268 g/mol. The van der Waals surface area contributed by atoms with Crippen LogP contribution in [0.3, 0.4) is 0 Å². The molecule has 0 radical (unpaired) electrons. The van der Waals surface area contributed by atoms with E-state index in [1.807, 2.05) is 6.92 Å². The van der Waals surface area contributed by atoms with E-state index in [0.717, 1.165) is 6.42 Å². The number of carbonyl (C=O) groups is 2. The van der Waals surface area contributed by atoms with Crippen LogP contribution in [0.25, 0.3) is 0 Å². The van der Waals surface area contributed by atoms with Gasteiger partial charge in [0.2, 0.25) is 0 Å². The molecule has 1 saturated carbocycles. The lowest BCUT2D eigenvalue weighted by Crippen LogP contribution is -2.52. The van der Waals surface area contributed by atoms with E-state index in [9.17, 15) is 9.59 Å². The van der Waals surface area contributed by atoms with Crippen molar-refractivity contribution in [2.45, 2.75) is 45.6 Å². The van der Waals surface area contributed by atoms with Crippen molar-refractivity contribution >= 4 is 12.0 Å². The Morgan fingerprint density at radius 1 is 1.21 bits per heavy atom. The molecule has 0 aromatic heterocycles. The molecule has 0 spiro atoms. The van der Waals surface area contributed by atoms with Gasteiger partial charge in [0.05, 0.1) is 5.92 Å². The molecule has 0 aromatic rings. The molecule has 108 valence electrons. The fourth-order valence-corrected chi connectivity index (χ4v) is 3.31. The van der Waals surface area contributed by atoms with Gasteiger partial charge in [-0.15, -0.1) is 0 Å². The van der Waals surface area contributed by atoms with Crippen molar-refractivity contribution in [1.82, 2.24) is 10.2 Å². The number of carboxylic acid groups (broad SMARTS) is 1. The van der Waals surface area contributed by atoms with E-state index in [4.69, 9.17) is 5.11 Å². The van der Waals surface area contributed by atoms with E-state index >= 15 is 0 Å². The maximum atomic E-state index is 12.2. The minimum Gasteiger partial charge on any atom is -0.481 e. The molecule has 0 aromatic carbocycles. The number of rotatable bonds is 2. The van der Waals surface area contributed by atoms with Crippen molar-refractivity contribution in [1.29, 1.82) is 0 Å². The zero-order chi connectivity index (χ0) is 14.0. The second-order valence-electron chi connectivity index (χ2n) is 6.25. The van der Waals surface area contributed by atoms with E-state index < -0.39 is 11.9 Å². The number of carboxylic acids is 1. The van der Waals surface area contributed by atoms with E-state index in [1.165, 1.54) is 12.8 Å². The van der Waals surface area contributed by atoms with E-state index in [2.05, 4.69) is 12.2 Å². The third kappa shape index (κ3) is 3.39. The lowest BCUT2D eigenvalue weighted by Gasteiger charge is -2.35. The number of amides is 2. The summed E-state index contributed by atoms with van der Waals surface area (Å²) in [5, 5.41) is 12.2. The molecule has 1 heterocycles. The molecule has 5 heteroatoms. The van der Waals surface area contributed by atoms with Gasteiger partial charge in [-0.3, -0.25) is 4.79 Å². The lowest BCUT2D eigenvalue weighted by atomic mass is 9.91. The van der Waals surface area contributed by atoms with E-state index in [-0.39, 0.29) is 18.0 Å². The summed E-state index contributed by atoms with van der Waals surface area (Å²) in [4.78, 5) is 25.0. The zero-order valence-corrected chi connectivity index (χ0v) is 11.8. The van der Waals surface area contributed by atoms with Crippen LogP contribution in [-0.4, -0.2) is 41.1 Å². The Morgan fingerprint density at radius 3 is 2.53 bits per heavy atom. The van der Waals surface area contributed by atoms with Crippen LogP contribution in [0.5, 0.6) is 0 Å². The number of hydrogen-bond acceptors (Lipinski definition) is 2. The molecular weight excluding hydrogens is 244 g/mol. The quantitative estimate of drug-likeness (QED) is 0.804. The van der Waals surface area contributed by atoms with Crippen LogP contribution in [0.2, 0.25) is 0 Å². The van der Waals surface area contributed by atoms with Crippen molar-refractivity contribution in [3.63, 3.8) is 0 Å². The van der Waals surface area contributed by atoms with Crippen molar-refractivity contribution in [3.8, 4) is 0 Å². The number of carbonyl (C=O) groups excluding carboxylic acids is 1. The van der Waals surface area contributed by atoms with Gasteiger partial charge in [-0.1, -0.05) is 20.3 Å². The number of likely N-dealkylation sites (tertiary alicyclic amines) is 1. The highest BCUT2D eigenvalue weighted by Gasteiger charge is 2.33. The molecule has 2 N–H and O–H groups in total. The Hall–Kier alpha value is -1.26. The summed E-state index contributed by atoms with van der Waals surface area (Å²) in [6.07, 6.45) is 4.04. The second kappa shape index (κ2) is 5.80. The van der Waals surface area contributed by atoms with E-state index in [0.29, 0.717) is 25.4 Å². The average Bonchev–Trinajstić information content (AvgIpc) is 2.74. The molecule has 19 heavy (non-hydrogen) atoms. The van der Waals surface area contributed by atoms with Crippen LogP contribution in [0, 0.1) is 17.8 Å². The third-order valence-electron chi connectivity index (χ3n) is 4.47. The molecule has 2 rings (SSSR count). The van der Waals surface area contributed by atoms with Crippen molar-refractivity contribution in [2.75, 3.05) is 13.1 Å². The van der Waals surface area contributed by atoms with Crippen molar-refractivity contribution in [3.05, 3.63) is 0 Å². The summed E-state index contributed by atoms with van der Waals surface area (Å²) in [5.74, 6) is -0.433. The normalized spacial score (nSPS) is 35.2. The first-order valence-corrected chi connectivity index (χ1v) is 7.25. The van der Waals surface area contributed by atoms with Crippen LogP contribution in [0.1, 0.15) is 39.5 Å². The Kier molecular flexibility index (Phi) is 4.32. The standard InChI is InChI=1S/C14H24N2O3/c1-9-6-11(13(17)18)8-16(7-9)14(19)15-12-5-3-4-10(12)2/h9-12H,3-8H2,1-2H3,(H,15,19)(H,17,18). The van der Waals surface area contributed by atoms with Crippen LogP contribution in [-0.2, 0) is 4.79 Å². The number of aliphatic carboxylic acids is 1. The summed E-state index contributed by atoms with van der Waals surface area (Å²) in [6.45, 7) is 5.17. The van der Waals surface area contributed by atoms with Crippen LogP contribution in [0.4, 0.5) is 4.79 Å². The SMILES string of the molecule is CC1CC(C(=O)O)CN(C(=O)NC2CCCC2C)C1. The zero-order valence-electron chi connectivity index (χ0n) is 11.8. The predicted molar refractivity (Wildman–Crippen MR) is 71.8 cm³/mol. The number of nitrogens with zero attached hydrogens (tertiary/aromatic N) is 1. The molecule has 4 unspecified atom stereocenters. The maximum absolute atomic E-state index is 12.2. The molecule has 4 atom stereocenters.